The number of benzene rings is 1. The third-order valence-electron chi connectivity index (χ3n) is 3.08. The van der Waals surface area contributed by atoms with Crippen LogP contribution in [0.5, 0.6) is 0 Å². The maximum atomic E-state index is 10.7. The average Bonchev–Trinajstić information content (AvgIpc) is 3.22. The van der Waals surface area contributed by atoms with E-state index in [4.69, 9.17) is 16.0 Å². The molecule has 0 spiro atoms. The van der Waals surface area contributed by atoms with Gasteiger partial charge in [-0.05, 0) is 30.3 Å². The van der Waals surface area contributed by atoms with Crippen molar-refractivity contribution in [3.8, 4) is 22.2 Å². The van der Waals surface area contributed by atoms with E-state index in [1.165, 1.54) is 23.5 Å². The Morgan fingerprint density at radius 3 is 2.65 bits per heavy atom. The van der Waals surface area contributed by atoms with Crippen LogP contribution >= 0.6 is 22.9 Å². The van der Waals surface area contributed by atoms with Gasteiger partial charge in [-0.1, -0.05) is 22.9 Å². The predicted octanol–water partition coefficient (Wildman–Crippen LogP) is 3.67. The smallest absolute Gasteiger partial charge is 0.398 e. The van der Waals surface area contributed by atoms with Crippen LogP contribution in [0.3, 0.4) is 0 Å². The fourth-order valence-electron chi connectivity index (χ4n) is 2.04. The van der Waals surface area contributed by atoms with Gasteiger partial charge in [0, 0.05) is 10.6 Å². The van der Waals surface area contributed by atoms with Crippen LogP contribution in [0.25, 0.3) is 27.1 Å². The Hall–Kier alpha value is -2.78. The molecule has 0 aliphatic heterocycles. The Kier molecular flexibility index (Phi) is 3.10. The van der Waals surface area contributed by atoms with Crippen molar-refractivity contribution in [2.24, 2.45) is 0 Å². The summed E-state index contributed by atoms with van der Waals surface area (Å²) in [5, 5.41) is 24.3. The van der Waals surface area contributed by atoms with Gasteiger partial charge in [-0.2, -0.15) is 4.52 Å². The summed E-state index contributed by atoms with van der Waals surface area (Å²) in [5.41, 5.74) is 0.809. The summed E-state index contributed by atoms with van der Waals surface area (Å²) in [6, 6.07) is 9.93. The van der Waals surface area contributed by atoms with E-state index in [2.05, 4.69) is 15.3 Å². The number of rotatable bonds is 3. The normalized spacial score (nSPS) is 11.2. The van der Waals surface area contributed by atoms with E-state index in [0.29, 0.717) is 26.6 Å². The molecular formula is C13H6ClN5O3S. The van der Waals surface area contributed by atoms with Crippen LogP contribution in [-0.2, 0) is 0 Å². The molecule has 1 aromatic carbocycles. The van der Waals surface area contributed by atoms with E-state index in [-0.39, 0.29) is 5.88 Å². The van der Waals surface area contributed by atoms with Crippen molar-refractivity contribution in [2.45, 2.75) is 0 Å². The minimum atomic E-state index is -0.594. The fourth-order valence-corrected chi connectivity index (χ4v) is 2.96. The third-order valence-corrected chi connectivity index (χ3v) is 4.24. The van der Waals surface area contributed by atoms with E-state index < -0.39 is 4.92 Å². The molecule has 4 aromatic rings. The number of aromatic nitrogens is 4. The summed E-state index contributed by atoms with van der Waals surface area (Å²) in [6.07, 6.45) is 0. The molecule has 8 nitrogen and oxygen atoms in total. The zero-order valence-electron chi connectivity index (χ0n) is 11.2. The summed E-state index contributed by atoms with van der Waals surface area (Å²) >= 11 is 7.11. The van der Waals surface area contributed by atoms with Gasteiger partial charge in [0.2, 0.25) is 4.96 Å². The van der Waals surface area contributed by atoms with Gasteiger partial charge in [-0.3, -0.25) is 10.1 Å². The van der Waals surface area contributed by atoms with Crippen molar-refractivity contribution < 1.29 is 9.34 Å². The topological polar surface area (TPSA) is 99.4 Å². The highest BCUT2D eigenvalue weighted by Gasteiger charge is 2.19. The third kappa shape index (κ3) is 2.35. The number of furan rings is 1. The van der Waals surface area contributed by atoms with Crippen molar-refractivity contribution in [1.82, 2.24) is 19.8 Å². The zero-order valence-corrected chi connectivity index (χ0v) is 12.8. The number of hydrogen-bond acceptors (Lipinski definition) is 7. The van der Waals surface area contributed by atoms with Crippen molar-refractivity contribution in [3.63, 3.8) is 0 Å². The highest BCUT2D eigenvalue weighted by Crippen LogP contribution is 2.31. The number of nitrogens with zero attached hydrogens (tertiary/aromatic N) is 5. The maximum Gasteiger partial charge on any atom is 0.433 e. The molecule has 0 amide bonds. The van der Waals surface area contributed by atoms with E-state index in [1.807, 2.05) is 12.1 Å². The van der Waals surface area contributed by atoms with Crippen LogP contribution in [0.1, 0.15) is 0 Å². The Bertz CT molecular complexity index is 1020. The van der Waals surface area contributed by atoms with Gasteiger partial charge in [0.05, 0.1) is 6.07 Å². The van der Waals surface area contributed by atoms with Crippen molar-refractivity contribution >= 4 is 33.8 Å². The van der Waals surface area contributed by atoms with E-state index in [0.717, 1.165) is 5.56 Å². The molecule has 0 saturated carbocycles. The number of nitro groups is 1. The lowest BCUT2D eigenvalue weighted by atomic mass is 10.2. The highest BCUT2D eigenvalue weighted by molar-refractivity contribution is 7.19. The van der Waals surface area contributed by atoms with Crippen molar-refractivity contribution in [3.05, 3.63) is 51.5 Å². The van der Waals surface area contributed by atoms with Crippen molar-refractivity contribution in [2.75, 3.05) is 0 Å². The van der Waals surface area contributed by atoms with E-state index in [1.54, 1.807) is 16.6 Å². The van der Waals surface area contributed by atoms with Gasteiger partial charge >= 0.3 is 5.88 Å². The van der Waals surface area contributed by atoms with Crippen molar-refractivity contribution in [1.29, 1.82) is 0 Å². The fraction of sp³-hybridized carbons (Fsp3) is 0. The van der Waals surface area contributed by atoms with Gasteiger partial charge in [-0.25, -0.2) is 0 Å². The second-order valence-electron chi connectivity index (χ2n) is 4.53. The lowest BCUT2D eigenvalue weighted by Gasteiger charge is -1.96. The van der Waals surface area contributed by atoms with Crippen LogP contribution < -0.4 is 0 Å². The molecule has 0 radical (unpaired) electrons. The SMILES string of the molecule is O=[N+]([O-])c1ccc(-c2nn3c(-c4ccc(Cl)cc4)nnc3s2)o1. The average molecular weight is 348 g/mol. The Morgan fingerprint density at radius 1 is 1.17 bits per heavy atom. The van der Waals surface area contributed by atoms with Crippen LogP contribution in [0.2, 0.25) is 5.02 Å². The van der Waals surface area contributed by atoms with Crippen LogP contribution in [0.4, 0.5) is 5.88 Å². The highest BCUT2D eigenvalue weighted by atomic mass is 35.5. The molecule has 0 aliphatic carbocycles. The quantitative estimate of drug-likeness (QED) is 0.414. The minimum Gasteiger partial charge on any atom is -0.398 e. The molecule has 4 rings (SSSR count). The maximum absolute atomic E-state index is 10.7. The van der Waals surface area contributed by atoms with Crippen LogP contribution in [0, 0.1) is 10.1 Å². The van der Waals surface area contributed by atoms with Crippen LogP contribution in [0.15, 0.2) is 40.8 Å². The molecule has 0 unspecified atom stereocenters. The first-order chi connectivity index (χ1) is 11.1. The molecule has 0 aliphatic rings. The Balaban J connectivity index is 1.79. The number of halogens is 1. The van der Waals surface area contributed by atoms with E-state index >= 15 is 0 Å². The molecule has 0 atom stereocenters. The molecule has 3 aromatic heterocycles. The van der Waals surface area contributed by atoms with Crippen LogP contribution in [-0.4, -0.2) is 24.7 Å². The molecule has 0 N–H and O–H groups in total. The lowest BCUT2D eigenvalue weighted by molar-refractivity contribution is -0.401. The molecule has 114 valence electrons. The summed E-state index contributed by atoms with van der Waals surface area (Å²) in [5.74, 6) is 0.540. The monoisotopic (exact) mass is 347 g/mol. The summed E-state index contributed by atoms with van der Waals surface area (Å²) < 4.78 is 6.73. The summed E-state index contributed by atoms with van der Waals surface area (Å²) in [7, 11) is 0. The molecule has 3 heterocycles. The summed E-state index contributed by atoms with van der Waals surface area (Å²) in [6.45, 7) is 0. The second-order valence-corrected chi connectivity index (χ2v) is 5.92. The molecule has 0 saturated heterocycles. The van der Waals surface area contributed by atoms with Gasteiger partial charge < -0.3 is 4.42 Å². The minimum absolute atomic E-state index is 0.314. The van der Waals surface area contributed by atoms with Gasteiger partial charge in [0.15, 0.2) is 16.6 Å². The molecule has 0 fully saturated rings. The standard InChI is InChI=1S/C13H6ClN5O3S/c14-8-3-1-7(2-4-8)11-15-16-13-18(11)17-12(23-13)9-5-6-10(22-9)19(20)21/h1-6H. The zero-order chi connectivity index (χ0) is 16.0. The first-order valence-corrected chi connectivity index (χ1v) is 7.54. The second kappa shape index (κ2) is 5.14. The molecule has 10 heteroatoms. The van der Waals surface area contributed by atoms with Gasteiger partial charge in [0.25, 0.3) is 0 Å². The first-order valence-electron chi connectivity index (χ1n) is 6.34. The number of fused-ring (bicyclic) bond motifs is 1. The molecule has 23 heavy (non-hydrogen) atoms. The van der Waals surface area contributed by atoms with Gasteiger partial charge in [-0.15, -0.1) is 15.3 Å². The molecule has 0 bridgehead atoms. The Labute approximate surface area is 137 Å². The van der Waals surface area contributed by atoms with Gasteiger partial charge in [0.1, 0.15) is 4.92 Å². The lowest BCUT2D eigenvalue weighted by Crippen LogP contribution is -1.90. The number of hydrogen-bond donors (Lipinski definition) is 0. The largest absolute Gasteiger partial charge is 0.433 e. The molecular weight excluding hydrogens is 342 g/mol. The Morgan fingerprint density at radius 2 is 1.96 bits per heavy atom. The summed E-state index contributed by atoms with van der Waals surface area (Å²) in [4.78, 5) is 10.7. The predicted molar refractivity (Wildman–Crippen MR) is 83.5 cm³/mol. The van der Waals surface area contributed by atoms with E-state index in [9.17, 15) is 10.1 Å². The first kappa shape index (κ1) is 13.9.